The largest absolute Gasteiger partial charge is 0.442 e. The molecule has 0 aliphatic rings. The summed E-state index contributed by atoms with van der Waals surface area (Å²) < 4.78 is 17.7. The van der Waals surface area contributed by atoms with Crippen LogP contribution in [0.15, 0.2) is 4.99 Å². The molecule has 3 nitrogen and oxygen atoms in total. The second-order valence-electron chi connectivity index (χ2n) is 3.75. The van der Waals surface area contributed by atoms with Crippen molar-refractivity contribution < 1.29 is 13.9 Å². The number of ether oxygens (including phenoxy) is 1. The topological polar surface area (TPSA) is 38.7 Å². The lowest BCUT2D eigenvalue weighted by atomic mass is 10.2. The third-order valence-corrected chi connectivity index (χ3v) is 1.58. The van der Waals surface area contributed by atoms with Crippen LogP contribution in [0, 0.1) is 0 Å². The van der Waals surface area contributed by atoms with E-state index in [0.717, 1.165) is 6.21 Å². The molecule has 0 N–H and O–H groups in total. The molecule has 0 aliphatic carbocycles. The van der Waals surface area contributed by atoms with Crippen molar-refractivity contribution in [2.45, 2.75) is 39.0 Å². The van der Waals surface area contributed by atoms with Gasteiger partial charge in [0.15, 0.2) is 0 Å². The van der Waals surface area contributed by atoms with Crippen LogP contribution in [0.5, 0.6) is 0 Å². The van der Waals surface area contributed by atoms with Gasteiger partial charge in [-0.15, -0.1) is 0 Å². The fourth-order valence-corrected chi connectivity index (χ4v) is 1.05. The Morgan fingerprint density at radius 3 is 2.64 bits per heavy atom. The quantitative estimate of drug-likeness (QED) is 0.582. The standard InChI is InChI=1S/C9H15BrFNO2/c1-9(2,3)14-8(13)12-6-7(11)4-5-10/h6-7H,4-5H2,1-3H3. The summed E-state index contributed by atoms with van der Waals surface area (Å²) in [7, 11) is 0. The molecule has 0 spiro atoms. The van der Waals surface area contributed by atoms with Crippen molar-refractivity contribution in [1.82, 2.24) is 0 Å². The lowest BCUT2D eigenvalue weighted by Gasteiger charge is -2.17. The Hall–Kier alpha value is -0.450. The van der Waals surface area contributed by atoms with Gasteiger partial charge in [-0.2, -0.15) is 4.99 Å². The fourth-order valence-electron chi connectivity index (χ4n) is 0.609. The first-order chi connectivity index (χ1) is 6.35. The molecule has 0 fully saturated rings. The predicted molar refractivity (Wildman–Crippen MR) is 58.0 cm³/mol. The maximum atomic E-state index is 12.8. The minimum Gasteiger partial charge on any atom is -0.442 e. The summed E-state index contributed by atoms with van der Waals surface area (Å²) in [6.45, 7) is 5.18. The van der Waals surface area contributed by atoms with Crippen molar-refractivity contribution in [3.8, 4) is 0 Å². The van der Waals surface area contributed by atoms with Crippen molar-refractivity contribution in [1.29, 1.82) is 0 Å². The number of hydrogen-bond donors (Lipinski definition) is 0. The zero-order valence-corrected chi connectivity index (χ0v) is 10.2. The second kappa shape index (κ2) is 6.11. The van der Waals surface area contributed by atoms with Gasteiger partial charge in [-0.05, 0) is 27.2 Å². The summed E-state index contributed by atoms with van der Waals surface area (Å²) in [4.78, 5) is 14.3. The van der Waals surface area contributed by atoms with E-state index in [0.29, 0.717) is 11.8 Å². The van der Waals surface area contributed by atoms with E-state index in [9.17, 15) is 9.18 Å². The molecule has 0 aromatic carbocycles. The van der Waals surface area contributed by atoms with Crippen LogP contribution in [0.25, 0.3) is 0 Å². The maximum absolute atomic E-state index is 12.8. The molecule has 0 radical (unpaired) electrons. The number of rotatable bonds is 3. The molecule has 0 saturated carbocycles. The first kappa shape index (κ1) is 13.5. The van der Waals surface area contributed by atoms with Gasteiger partial charge in [0.05, 0.1) is 0 Å². The Bertz CT molecular complexity index is 213. The molecule has 0 aromatic rings. The Morgan fingerprint density at radius 1 is 1.64 bits per heavy atom. The van der Waals surface area contributed by atoms with Gasteiger partial charge < -0.3 is 4.74 Å². The summed E-state index contributed by atoms with van der Waals surface area (Å²) in [6.07, 6.45) is -0.696. The van der Waals surface area contributed by atoms with Crippen LogP contribution in [0.4, 0.5) is 9.18 Å². The van der Waals surface area contributed by atoms with Crippen LogP contribution in [0.3, 0.4) is 0 Å². The van der Waals surface area contributed by atoms with Crippen LogP contribution >= 0.6 is 15.9 Å². The molecule has 0 heterocycles. The highest BCUT2D eigenvalue weighted by molar-refractivity contribution is 9.09. The van der Waals surface area contributed by atoms with Crippen molar-refractivity contribution in [2.24, 2.45) is 4.99 Å². The van der Waals surface area contributed by atoms with Crippen LogP contribution in [-0.2, 0) is 4.74 Å². The van der Waals surface area contributed by atoms with Crippen molar-refractivity contribution in [3.63, 3.8) is 0 Å². The molecule has 0 saturated heterocycles. The average Bonchev–Trinajstić information content (AvgIpc) is 1.98. The molecule has 1 atom stereocenters. The van der Waals surface area contributed by atoms with Gasteiger partial charge in [0.2, 0.25) is 0 Å². The van der Waals surface area contributed by atoms with E-state index in [-0.39, 0.29) is 0 Å². The summed E-state index contributed by atoms with van der Waals surface area (Å²) in [6, 6.07) is 0. The molecule has 5 heteroatoms. The fraction of sp³-hybridized carbons (Fsp3) is 0.778. The van der Waals surface area contributed by atoms with Crippen molar-refractivity contribution >= 4 is 28.2 Å². The molecule has 0 rings (SSSR count). The molecule has 0 bridgehead atoms. The van der Waals surface area contributed by atoms with Gasteiger partial charge >= 0.3 is 6.09 Å². The first-order valence-electron chi connectivity index (χ1n) is 4.32. The minimum absolute atomic E-state index is 0.298. The number of alkyl halides is 2. The normalized spacial score (nSPS) is 14.4. The third kappa shape index (κ3) is 8.16. The zero-order chi connectivity index (χ0) is 11.2. The van der Waals surface area contributed by atoms with Crippen molar-refractivity contribution in [2.75, 3.05) is 5.33 Å². The van der Waals surface area contributed by atoms with E-state index in [4.69, 9.17) is 4.74 Å². The number of halogens is 2. The SMILES string of the molecule is CC(C)(C)OC(=O)N=CC(F)CCBr. The minimum atomic E-state index is -1.21. The molecule has 0 aromatic heterocycles. The highest BCUT2D eigenvalue weighted by atomic mass is 79.9. The van der Waals surface area contributed by atoms with E-state index < -0.39 is 17.9 Å². The molecule has 1 unspecified atom stereocenters. The smallest absolute Gasteiger partial charge is 0.433 e. The molecular weight excluding hydrogens is 253 g/mol. The van der Waals surface area contributed by atoms with Gasteiger partial charge in [0.25, 0.3) is 0 Å². The molecule has 82 valence electrons. The van der Waals surface area contributed by atoms with Crippen LogP contribution in [0.1, 0.15) is 27.2 Å². The Balaban J connectivity index is 3.93. The second-order valence-corrected chi connectivity index (χ2v) is 4.55. The summed E-state index contributed by atoms with van der Waals surface area (Å²) in [5.74, 6) is 0. The number of nitrogens with zero attached hydrogens (tertiary/aromatic N) is 1. The predicted octanol–water partition coefficient (Wildman–Crippen LogP) is 3.12. The molecule has 1 amide bonds. The van der Waals surface area contributed by atoms with Crippen LogP contribution in [0.2, 0.25) is 0 Å². The summed E-state index contributed by atoms with van der Waals surface area (Å²) in [5, 5.41) is 0.536. The van der Waals surface area contributed by atoms with Gasteiger partial charge in [-0.25, -0.2) is 9.18 Å². The van der Waals surface area contributed by atoms with E-state index in [1.807, 2.05) is 0 Å². The lowest BCUT2D eigenvalue weighted by Crippen LogP contribution is -2.22. The third-order valence-electron chi connectivity index (χ3n) is 1.12. The van der Waals surface area contributed by atoms with E-state index in [1.54, 1.807) is 20.8 Å². The van der Waals surface area contributed by atoms with E-state index >= 15 is 0 Å². The zero-order valence-electron chi connectivity index (χ0n) is 8.59. The number of carbonyl (C=O) groups excluding carboxylic acids is 1. The Morgan fingerprint density at radius 2 is 2.21 bits per heavy atom. The molecule has 0 aliphatic heterocycles. The summed E-state index contributed by atoms with van der Waals surface area (Å²) >= 11 is 3.09. The Labute approximate surface area is 91.9 Å². The number of amides is 1. The van der Waals surface area contributed by atoms with Gasteiger partial charge in [0, 0.05) is 11.5 Å². The molecular formula is C9H15BrFNO2. The average molecular weight is 268 g/mol. The van der Waals surface area contributed by atoms with Crippen LogP contribution < -0.4 is 0 Å². The summed E-state index contributed by atoms with van der Waals surface area (Å²) in [5.41, 5.74) is -0.588. The monoisotopic (exact) mass is 267 g/mol. The van der Waals surface area contributed by atoms with E-state index in [1.165, 1.54) is 0 Å². The van der Waals surface area contributed by atoms with E-state index in [2.05, 4.69) is 20.9 Å². The number of carbonyl (C=O) groups is 1. The highest BCUT2D eigenvalue weighted by Gasteiger charge is 2.15. The first-order valence-corrected chi connectivity index (χ1v) is 5.44. The lowest BCUT2D eigenvalue weighted by molar-refractivity contribution is 0.0604. The van der Waals surface area contributed by atoms with Crippen LogP contribution in [-0.4, -0.2) is 29.4 Å². The van der Waals surface area contributed by atoms with Gasteiger partial charge in [-0.1, -0.05) is 15.9 Å². The number of aliphatic imine (C=N–C) groups is 1. The Kier molecular flexibility index (Phi) is 5.92. The van der Waals surface area contributed by atoms with Gasteiger partial charge in [-0.3, -0.25) is 0 Å². The highest BCUT2D eigenvalue weighted by Crippen LogP contribution is 2.08. The molecule has 14 heavy (non-hydrogen) atoms. The maximum Gasteiger partial charge on any atom is 0.433 e. The number of hydrogen-bond acceptors (Lipinski definition) is 2. The van der Waals surface area contributed by atoms with Gasteiger partial charge in [0.1, 0.15) is 11.8 Å². The van der Waals surface area contributed by atoms with Crippen molar-refractivity contribution in [3.05, 3.63) is 0 Å².